The van der Waals surface area contributed by atoms with Crippen molar-refractivity contribution in [3.05, 3.63) is 94.8 Å². The molecule has 1 heterocycles. The van der Waals surface area contributed by atoms with Gasteiger partial charge in [-0.05, 0) is 54.3 Å². The molecule has 0 aliphatic heterocycles. The van der Waals surface area contributed by atoms with Gasteiger partial charge >= 0.3 is 0 Å². The van der Waals surface area contributed by atoms with E-state index in [1.165, 1.54) is 10.6 Å². The molecule has 4 rings (SSSR count). The maximum absolute atomic E-state index is 13.4. The quantitative estimate of drug-likeness (QED) is 0.623. The molecule has 0 saturated heterocycles. The van der Waals surface area contributed by atoms with Crippen molar-refractivity contribution in [3.8, 4) is 0 Å². The summed E-state index contributed by atoms with van der Waals surface area (Å²) in [4.78, 5) is 12.9. The number of rotatable bonds is 7. The molecule has 0 bridgehead atoms. The van der Waals surface area contributed by atoms with Crippen molar-refractivity contribution in [2.24, 2.45) is 0 Å². The van der Waals surface area contributed by atoms with Crippen LogP contribution in [-0.2, 0) is 27.8 Å². The van der Waals surface area contributed by atoms with E-state index < -0.39 is 15.9 Å². The van der Waals surface area contributed by atoms with Gasteiger partial charge in [-0.2, -0.15) is 4.31 Å². The number of carbonyl (C=O) groups excluding carboxylic acids is 1. The van der Waals surface area contributed by atoms with Crippen LogP contribution in [-0.4, -0.2) is 25.2 Å². The van der Waals surface area contributed by atoms with Gasteiger partial charge in [0.15, 0.2) is 0 Å². The Morgan fingerprint density at radius 1 is 0.967 bits per heavy atom. The third-order valence-corrected chi connectivity index (χ3v) is 6.90. The second-order valence-electron chi connectivity index (χ2n) is 7.08. The van der Waals surface area contributed by atoms with E-state index in [1.54, 1.807) is 42.5 Å². The number of benzene rings is 2. The molecule has 3 aromatic rings. The Morgan fingerprint density at radius 2 is 1.73 bits per heavy atom. The highest BCUT2D eigenvalue weighted by Crippen LogP contribution is 2.29. The number of hydrogen-bond acceptors (Lipinski definition) is 4. The van der Waals surface area contributed by atoms with E-state index in [4.69, 9.17) is 4.42 Å². The number of allylic oxidation sites excluding steroid dienone is 1. The lowest BCUT2D eigenvalue weighted by atomic mass is 9.98. The molecule has 0 unspecified atom stereocenters. The van der Waals surface area contributed by atoms with Crippen LogP contribution < -0.4 is 5.32 Å². The average Bonchev–Trinajstić information content (AvgIpc) is 3.27. The first-order valence-electron chi connectivity index (χ1n) is 9.68. The van der Waals surface area contributed by atoms with E-state index in [0.29, 0.717) is 29.2 Å². The van der Waals surface area contributed by atoms with Gasteiger partial charge in [0.1, 0.15) is 5.76 Å². The fourth-order valence-electron chi connectivity index (χ4n) is 3.46. The molecule has 0 saturated carbocycles. The number of hydrogen-bond donors (Lipinski definition) is 1. The van der Waals surface area contributed by atoms with E-state index in [-0.39, 0.29) is 13.1 Å². The van der Waals surface area contributed by atoms with Crippen LogP contribution in [0.3, 0.4) is 0 Å². The van der Waals surface area contributed by atoms with Crippen LogP contribution in [0.1, 0.15) is 23.3 Å². The van der Waals surface area contributed by atoms with Crippen molar-refractivity contribution in [1.29, 1.82) is 0 Å². The number of nitrogens with one attached hydrogen (secondary N) is 1. The fourth-order valence-corrected chi connectivity index (χ4v) is 5.01. The van der Waals surface area contributed by atoms with Gasteiger partial charge in [0.05, 0.1) is 24.3 Å². The lowest BCUT2D eigenvalue weighted by molar-refractivity contribution is -0.116. The number of amides is 1. The van der Waals surface area contributed by atoms with Gasteiger partial charge < -0.3 is 9.73 Å². The number of fused-ring (bicyclic) bond motifs is 1. The second-order valence-corrected chi connectivity index (χ2v) is 9.07. The van der Waals surface area contributed by atoms with Crippen molar-refractivity contribution in [2.45, 2.75) is 19.4 Å². The van der Waals surface area contributed by atoms with Crippen LogP contribution in [0.4, 0.5) is 5.69 Å². The molecule has 0 radical (unpaired) electrons. The molecule has 1 aliphatic carbocycles. The zero-order valence-corrected chi connectivity index (χ0v) is 17.1. The summed E-state index contributed by atoms with van der Waals surface area (Å²) in [6, 6.07) is 20.1. The fraction of sp³-hybridized carbons (Fsp3) is 0.174. The van der Waals surface area contributed by atoms with Gasteiger partial charge in [0.2, 0.25) is 15.9 Å². The molecule has 1 N–H and O–H groups in total. The van der Waals surface area contributed by atoms with Crippen molar-refractivity contribution < 1.29 is 17.6 Å². The molecular formula is C23H22N2O4S. The van der Waals surface area contributed by atoms with Gasteiger partial charge in [-0.15, -0.1) is 0 Å². The summed E-state index contributed by atoms with van der Waals surface area (Å²) in [5.74, 6) is 0.0658. The van der Waals surface area contributed by atoms with Gasteiger partial charge in [0, 0.05) is 5.69 Å². The highest BCUT2D eigenvalue weighted by Gasteiger charge is 2.31. The molecule has 2 aromatic carbocycles. The Bertz CT molecular complexity index is 1150. The van der Waals surface area contributed by atoms with Gasteiger partial charge in [0.25, 0.3) is 0 Å². The second kappa shape index (κ2) is 8.69. The predicted octanol–water partition coefficient (Wildman–Crippen LogP) is 4.04. The minimum absolute atomic E-state index is 0.0173. The van der Waals surface area contributed by atoms with Crippen LogP contribution in [0, 0.1) is 0 Å². The third kappa shape index (κ3) is 4.53. The molecule has 1 aromatic heterocycles. The highest BCUT2D eigenvalue weighted by molar-refractivity contribution is 7.93. The number of sulfonamides is 1. The SMILES string of the molecule is O=C(CN(Cc1ccco1)S(=O)(=O)C1=Cc2ccccc2CC1)Nc1ccccc1. The summed E-state index contributed by atoms with van der Waals surface area (Å²) in [5, 5.41) is 2.75. The lowest BCUT2D eigenvalue weighted by Crippen LogP contribution is -2.38. The summed E-state index contributed by atoms with van der Waals surface area (Å²) in [6.07, 6.45) is 4.24. The standard InChI is InChI=1S/C23H22N2O4S/c26-23(24-20-9-2-1-3-10-20)17-25(16-21-11-6-14-29-21)30(27,28)22-13-12-18-7-4-5-8-19(18)15-22/h1-11,14-15H,12-13,16-17H2,(H,24,26). The summed E-state index contributed by atoms with van der Waals surface area (Å²) in [6.45, 7) is -0.326. The van der Waals surface area contributed by atoms with Crippen LogP contribution in [0.2, 0.25) is 0 Å². The van der Waals surface area contributed by atoms with Crippen molar-refractivity contribution in [2.75, 3.05) is 11.9 Å². The summed E-state index contributed by atoms with van der Waals surface area (Å²) in [7, 11) is -3.86. The third-order valence-electron chi connectivity index (χ3n) is 4.97. The van der Waals surface area contributed by atoms with Crippen LogP contribution >= 0.6 is 0 Å². The smallest absolute Gasteiger partial charge is 0.240 e. The number of para-hydroxylation sites is 1. The minimum atomic E-state index is -3.86. The number of aryl methyl sites for hydroxylation is 1. The first kappa shape index (κ1) is 20.1. The number of furan rings is 1. The van der Waals surface area contributed by atoms with E-state index in [9.17, 15) is 13.2 Å². The summed E-state index contributed by atoms with van der Waals surface area (Å²) < 4.78 is 33.4. The first-order chi connectivity index (χ1) is 14.5. The summed E-state index contributed by atoms with van der Waals surface area (Å²) in [5.41, 5.74) is 2.63. The molecule has 0 spiro atoms. The Labute approximate surface area is 175 Å². The first-order valence-corrected chi connectivity index (χ1v) is 11.1. The highest BCUT2D eigenvalue weighted by atomic mass is 32.2. The van der Waals surface area contributed by atoms with Crippen molar-refractivity contribution >= 4 is 27.7 Å². The topological polar surface area (TPSA) is 79.6 Å². The van der Waals surface area contributed by atoms with E-state index in [0.717, 1.165) is 11.1 Å². The lowest BCUT2D eigenvalue weighted by Gasteiger charge is -2.24. The minimum Gasteiger partial charge on any atom is -0.468 e. The van der Waals surface area contributed by atoms with Gasteiger partial charge in [-0.3, -0.25) is 4.79 Å². The van der Waals surface area contributed by atoms with E-state index >= 15 is 0 Å². The number of anilines is 1. The summed E-state index contributed by atoms with van der Waals surface area (Å²) >= 11 is 0. The predicted molar refractivity (Wildman–Crippen MR) is 116 cm³/mol. The zero-order valence-electron chi connectivity index (χ0n) is 16.3. The van der Waals surface area contributed by atoms with Gasteiger partial charge in [-0.25, -0.2) is 8.42 Å². The van der Waals surface area contributed by atoms with Crippen LogP contribution in [0.5, 0.6) is 0 Å². The average molecular weight is 423 g/mol. The van der Waals surface area contributed by atoms with E-state index in [2.05, 4.69) is 5.32 Å². The zero-order chi connectivity index (χ0) is 21.0. The van der Waals surface area contributed by atoms with Crippen LogP contribution in [0.25, 0.3) is 6.08 Å². The normalized spacial score (nSPS) is 13.6. The monoisotopic (exact) mass is 422 g/mol. The largest absolute Gasteiger partial charge is 0.468 e. The maximum atomic E-state index is 13.4. The number of carbonyl (C=O) groups is 1. The number of nitrogens with zero attached hydrogens (tertiary/aromatic N) is 1. The molecule has 7 heteroatoms. The Kier molecular flexibility index (Phi) is 5.83. The molecule has 6 nitrogen and oxygen atoms in total. The molecule has 154 valence electrons. The molecule has 30 heavy (non-hydrogen) atoms. The van der Waals surface area contributed by atoms with E-state index in [1.807, 2.05) is 30.3 Å². The Balaban J connectivity index is 1.60. The van der Waals surface area contributed by atoms with Crippen molar-refractivity contribution in [3.63, 3.8) is 0 Å². The molecule has 1 aliphatic rings. The molecule has 0 fully saturated rings. The van der Waals surface area contributed by atoms with Gasteiger partial charge in [-0.1, -0.05) is 42.5 Å². The Morgan fingerprint density at radius 3 is 2.50 bits per heavy atom. The molecule has 1 amide bonds. The molecular weight excluding hydrogens is 400 g/mol. The maximum Gasteiger partial charge on any atom is 0.240 e. The Hall–Kier alpha value is -3.16. The van der Waals surface area contributed by atoms with Crippen LogP contribution in [0.15, 0.2) is 82.3 Å². The molecule has 0 atom stereocenters. The van der Waals surface area contributed by atoms with Crippen molar-refractivity contribution in [1.82, 2.24) is 4.31 Å².